The van der Waals surface area contributed by atoms with Gasteiger partial charge >= 0.3 is 0 Å². The van der Waals surface area contributed by atoms with Crippen molar-refractivity contribution in [3.63, 3.8) is 0 Å². The van der Waals surface area contributed by atoms with E-state index in [4.69, 9.17) is 4.74 Å². The van der Waals surface area contributed by atoms with Crippen molar-refractivity contribution in [3.8, 4) is 5.75 Å². The topological polar surface area (TPSA) is 29.5 Å². The second kappa shape index (κ2) is 5.11. The van der Waals surface area contributed by atoms with Crippen molar-refractivity contribution < 1.29 is 18.3 Å². The second-order valence-electron chi connectivity index (χ2n) is 4.64. The molecule has 1 amide bonds. The average Bonchev–Trinajstić information content (AvgIpc) is 2.72. The average molecular weight is 354 g/mol. The van der Waals surface area contributed by atoms with Crippen LogP contribution in [0.15, 0.2) is 34.8 Å². The molecule has 1 aliphatic rings. The number of anilines is 2. The number of carbonyl (C=O) groups is 1. The monoisotopic (exact) mass is 353 g/mol. The minimum Gasteiger partial charge on any atom is -0.496 e. The SMILES string of the molecule is COc1cc(Br)cc2c1CC(=O)N2c1cc(F)cc(F)c1. The molecule has 21 heavy (non-hydrogen) atoms. The summed E-state index contributed by atoms with van der Waals surface area (Å²) in [6, 6.07) is 6.51. The molecule has 0 saturated heterocycles. The van der Waals surface area contributed by atoms with Gasteiger partial charge in [-0.25, -0.2) is 8.78 Å². The zero-order chi connectivity index (χ0) is 15.1. The third-order valence-corrected chi connectivity index (χ3v) is 3.75. The van der Waals surface area contributed by atoms with E-state index in [0.29, 0.717) is 17.0 Å². The molecule has 3 rings (SSSR count). The molecule has 0 unspecified atom stereocenters. The zero-order valence-corrected chi connectivity index (χ0v) is 12.6. The van der Waals surface area contributed by atoms with Crippen LogP contribution in [0.2, 0.25) is 0 Å². The highest BCUT2D eigenvalue weighted by Crippen LogP contribution is 2.42. The Bertz CT molecular complexity index is 728. The lowest BCUT2D eigenvalue weighted by Gasteiger charge is -2.18. The van der Waals surface area contributed by atoms with Crippen molar-refractivity contribution in [2.45, 2.75) is 6.42 Å². The fourth-order valence-corrected chi connectivity index (χ4v) is 2.90. The van der Waals surface area contributed by atoms with Crippen LogP contribution in [0.3, 0.4) is 0 Å². The number of methoxy groups -OCH3 is 1. The molecule has 0 saturated carbocycles. The Morgan fingerprint density at radius 3 is 2.43 bits per heavy atom. The smallest absolute Gasteiger partial charge is 0.236 e. The lowest BCUT2D eigenvalue weighted by Crippen LogP contribution is -2.21. The third-order valence-electron chi connectivity index (χ3n) is 3.29. The van der Waals surface area contributed by atoms with Crippen LogP contribution >= 0.6 is 15.9 Å². The van der Waals surface area contributed by atoms with Crippen LogP contribution in [0.5, 0.6) is 5.75 Å². The van der Waals surface area contributed by atoms with Gasteiger partial charge in [0.1, 0.15) is 17.4 Å². The Morgan fingerprint density at radius 2 is 1.81 bits per heavy atom. The minimum atomic E-state index is -0.729. The van der Waals surface area contributed by atoms with Gasteiger partial charge in [-0.1, -0.05) is 15.9 Å². The summed E-state index contributed by atoms with van der Waals surface area (Å²) in [4.78, 5) is 13.5. The molecule has 2 aromatic rings. The van der Waals surface area contributed by atoms with E-state index in [1.165, 1.54) is 12.0 Å². The molecule has 6 heteroatoms. The summed E-state index contributed by atoms with van der Waals surface area (Å²) in [5, 5.41) is 0. The summed E-state index contributed by atoms with van der Waals surface area (Å²) in [6.45, 7) is 0. The lowest BCUT2D eigenvalue weighted by molar-refractivity contribution is -0.116. The van der Waals surface area contributed by atoms with Gasteiger partial charge in [-0.3, -0.25) is 9.69 Å². The number of hydrogen-bond acceptors (Lipinski definition) is 2. The number of rotatable bonds is 2. The first-order valence-corrected chi connectivity index (χ1v) is 6.94. The van der Waals surface area contributed by atoms with E-state index in [2.05, 4.69) is 15.9 Å². The third kappa shape index (κ3) is 2.40. The van der Waals surface area contributed by atoms with Gasteiger partial charge in [0.25, 0.3) is 0 Å². The van der Waals surface area contributed by atoms with Crippen LogP contribution < -0.4 is 9.64 Å². The van der Waals surface area contributed by atoms with Crippen LogP contribution in [-0.4, -0.2) is 13.0 Å². The molecule has 0 fully saturated rings. The Balaban J connectivity index is 2.18. The number of ether oxygens (including phenoxy) is 1. The molecule has 108 valence electrons. The van der Waals surface area contributed by atoms with E-state index < -0.39 is 11.6 Å². The predicted octanol–water partition coefficient (Wildman–Crippen LogP) is 3.96. The number of hydrogen-bond donors (Lipinski definition) is 0. The molecule has 0 atom stereocenters. The fraction of sp³-hybridized carbons (Fsp3) is 0.133. The van der Waals surface area contributed by atoms with Crippen molar-refractivity contribution in [2.24, 2.45) is 0 Å². The maximum atomic E-state index is 13.4. The summed E-state index contributed by atoms with van der Waals surface area (Å²) in [5.41, 5.74) is 1.43. The molecule has 0 spiro atoms. The molecule has 2 aromatic carbocycles. The first-order chi connectivity index (χ1) is 9.99. The molecular weight excluding hydrogens is 344 g/mol. The summed E-state index contributed by atoms with van der Waals surface area (Å²) in [5.74, 6) is -1.15. The van der Waals surface area contributed by atoms with Gasteiger partial charge in [-0.2, -0.15) is 0 Å². The van der Waals surface area contributed by atoms with Gasteiger partial charge in [-0.15, -0.1) is 0 Å². The highest BCUT2D eigenvalue weighted by Gasteiger charge is 2.32. The normalized spacial score (nSPS) is 13.5. The highest BCUT2D eigenvalue weighted by molar-refractivity contribution is 9.10. The van der Waals surface area contributed by atoms with E-state index in [-0.39, 0.29) is 18.0 Å². The molecule has 1 aliphatic heterocycles. The maximum Gasteiger partial charge on any atom is 0.236 e. The quantitative estimate of drug-likeness (QED) is 0.817. The van der Waals surface area contributed by atoms with E-state index in [0.717, 1.165) is 22.7 Å². The van der Waals surface area contributed by atoms with Crippen LogP contribution in [0.4, 0.5) is 20.2 Å². The van der Waals surface area contributed by atoms with Crippen molar-refractivity contribution in [1.29, 1.82) is 0 Å². The van der Waals surface area contributed by atoms with Crippen molar-refractivity contribution in [1.82, 2.24) is 0 Å². The van der Waals surface area contributed by atoms with E-state index >= 15 is 0 Å². The molecule has 0 N–H and O–H groups in total. The second-order valence-corrected chi connectivity index (χ2v) is 5.55. The van der Waals surface area contributed by atoms with Crippen molar-refractivity contribution in [3.05, 3.63) is 52.0 Å². The Labute approximate surface area is 128 Å². The highest BCUT2D eigenvalue weighted by atomic mass is 79.9. The van der Waals surface area contributed by atoms with E-state index in [1.807, 2.05) is 0 Å². The number of amides is 1. The Morgan fingerprint density at radius 1 is 1.14 bits per heavy atom. The van der Waals surface area contributed by atoms with Gasteiger partial charge < -0.3 is 4.74 Å². The first kappa shape index (κ1) is 14.0. The summed E-state index contributed by atoms with van der Waals surface area (Å²) >= 11 is 3.34. The Kier molecular flexibility index (Phi) is 3.41. The van der Waals surface area contributed by atoms with Crippen LogP contribution in [-0.2, 0) is 11.2 Å². The van der Waals surface area contributed by atoms with Gasteiger partial charge in [0.2, 0.25) is 5.91 Å². The number of fused-ring (bicyclic) bond motifs is 1. The molecule has 0 aromatic heterocycles. The van der Waals surface area contributed by atoms with Crippen molar-refractivity contribution >= 4 is 33.2 Å². The molecule has 0 radical (unpaired) electrons. The van der Waals surface area contributed by atoms with Gasteiger partial charge in [-0.05, 0) is 24.3 Å². The number of benzene rings is 2. The molecule has 3 nitrogen and oxygen atoms in total. The largest absolute Gasteiger partial charge is 0.496 e. The molecule has 0 bridgehead atoms. The minimum absolute atomic E-state index is 0.129. The predicted molar refractivity (Wildman–Crippen MR) is 77.9 cm³/mol. The molecular formula is C15H10BrF2NO2. The first-order valence-electron chi connectivity index (χ1n) is 6.15. The molecule has 1 heterocycles. The summed E-state index contributed by atoms with van der Waals surface area (Å²) in [7, 11) is 1.51. The Hall–Kier alpha value is -1.95. The van der Waals surface area contributed by atoms with Gasteiger partial charge in [0.05, 0.1) is 24.9 Å². The van der Waals surface area contributed by atoms with E-state index in [9.17, 15) is 13.6 Å². The standard InChI is InChI=1S/C15H10BrF2NO2/c1-21-14-3-8(16)2-13-12(14)7-15(20)19(13)11-5-9(17)4-10(18)6-11/h2-6H,7H2,1H3. The van der Waals surface area contributed by atoms with Gasteiger partial charge in [0, 0.05) is 16.1 Å². The van der Waals surface area contributed by atoms with Crippen LogP contribution in [0.1, 0.15) is 5.56 Å². The number of carbonyl (C=O) groups excluding carboxylic acids is 1. The van der Waals surface area contributed by atoms with Gasteiger partial charge in [0.15, 0.2) is 0 Å². The van der Waals surface area contributed by atoms with Crippen LogP contribution in [0, 0.1) is 11.6 Å². The zero-order valence-electron chi connectivity index (χ0n) is 11.0. The summed E-state index contributed by atoms with van der Waals surface area (Å²) in [6.07, 6.45) is 0.129. The van der Waals surface area contributed by atoms with E-state index in [1.54, 1.807) is 12.1 Å². The van der Waals surface area contributed by atoms with Crippen molar-refractivity contribution in [2.75, 3.05) is 12.0 Å². The maximum absolute atomic E-state index is 13.4. The molecule has 0 aliphatic carbocycles. The summed E-state index contributed by atoms with van der Waals surface area (Å²) < 4.78 is 32.8. The lowest BCUT2D eigenvalue weighted by atomic mass is 10.1. The fourth-order valence-electron chi connectivity index (χ4n) is 2.47. The number of nitrogens with zero attached hydrogens (tertiary/aromatic N) is 1. The number of halogens is 3. The van der Waals surface area contributed by atoms with Crippen LogP contribution in [0.25, 0.3) is 0 Å².